The third-order valence-corrected chi connectivity index (χ3v) is 3.09. The molecular formula is C13H16N4O. The van der Waals surface area contributed by atoms with Crippen LogP contribution in [0.4, 0.5) is 5.82 Å². The first-order chi connectivity index (χ1) is 8.93. The SMILES string of the molecule is c1coc(-c2cc(N3CCCNCC3)ncn2)c1. The zero-order valence-electron chi connectivity index (χ0n) is 10.2. The molecule has 2 aromatic rings. The molecular weight excluding hydrogens is 228 g/mol. The van der Waals surface area contributed by atoms with Crippen molar-refractivity contribution in [1.82, 2.24) is 15.3 Å². The molecule has 1 aliphatic rings. The van der Waals surface area contributed by atoms with Gasteiger partial charge in [0.1, 0.15) is 17.8 Å². The van der Waals surface area contributed by atoms with Gasteiger partial charge in [0.25, 0.3) is 0 Å². The fraction of sp³-hybridized carbons (Fsp3) is 0.385. The second-order valence-electron chi connectivity index (χ2n) is 4.33. The standard InChI is InChI=1S/C13H16N4O/c1-3-12(18-8-1)11-9-13(16-10-15-11)17-6-2-4-14-5-7-17/h1,3,8-10,14H,2,4-7H2. The number of aromatic nitrogens is 2. The first-order valence-corrected chi connectivity index (χ1v) is 6.25. The molecule has 18 heavy (non-hydrogen) atoms. The van der Waals surface area contributed by atoms with E-state index in [4.69, 9.17) is 4.42 Å². The number of anilines is 1. The van der Waals surface area contributed by atoms with Crippen LogP contribution in [0, 0.1) is 0 Å². The highest BCUT2D eigenvalue weighted by Gasteiger charge is 2.12. The smallest absolute Gasteiger partial charge is 0.152 e. The molecule has 1 aliphatic heterocycles. The van der Waals surface area contributed by atoms with Crippen molar-refractivity contribution in [2.24, 2.45) is 0 Å². The maximum atomic E-state index is 5.37. The predicted molar refractivity (Wildman–Crippen MR) is 69.4 cm³/mol. The summed E-state index contributed by atoms with van der Waals surface area (Å²) in [5, 5.41) is 3.39. The van der Waals surface area contributed by atoms with Crippen LogP contribution in [0.1, 0.15) is 6.42 Å². The first kappa shape index (κ1) is 11.2. The minimum absolute atomic E-state index is 0.784. The Morgan fingerprint density at radius 2 is 2.22 bits per heavy atom. The summed E-state index contributed by atoms with van der Waals surface area (Å²) >= 11 is 0. The topological polar surface area (TPSA) is 54.2 Å². The summed E-state index contributed by atoms with van der Waals surface area (Å²) in [4.78, 5) is 10.9. The van der Waals surface area contributed by atoms with Crippen molar-refractivity contribution < 1.29 is 4.42 Å². The maximum Gasteiger partial charge on any atom is 0.152 e. The molecule has 0 radical (unpaired) electrons. The zero-order valence-corrected chi connectivity index (χ0v) is 10.2. The van der Waals surface area contributed by atoms with Gasteiger partial charge in [-0.2, -0.15) is 0 Å². The zero-order chi connectivity index (χ0) is 12.2. The van der Waals surface area contributed by atoms with E-state index in [1.807, 2.05) is 18.2 Å². The molecule has 0 bridgehead atoms. The van der Waals surface area contributed by atoms with E-state index in [1.165, 1.54) is 0 Å². The fourth-order valence-corrected chi connectivity index (χ4v) is 2.15. The normalized spacial score (nSPS) is 16.6. The fourth-order valence-electron chi connectivity index (χ4n) is 2.15. The molecule has 1 fully saturated rings. The summed E-state index contributed by atoms with van der Waals surface area (Å²) < 4.78 is 5.37. The van der Waals surface area contributed by atoms with Crippen molar-refractivity contribution in [3.63, 3.8) is 0 Å². The highest BCUT2D eigenvalue weighted by molar-refractivity contribution is 5.57. The summed E-state index contributed by atoms with van der Waals surface area (Å²) in [6.07, 6.45) is 4.40. The van der Waals surface area contributed by atoms with E-state index in [0.29, 0.717) is 0 Å². The highest BCUT2D eigenvalue weighted by Crippen LogP contribution is 2.21. The number of nitrogens with zero attached hydrogens (tertiary/aromatic N) is 3. The molecule has 0 unspecified atom stereocenters. The van der Waals surface area contributed by atoms with Crippen molar-refractivity contribution in [3.8, 4) is 11.5 Å². The third-order valence-electron chi connectivity index (χ3n) is 3.09. The number of hydrogen-bond acceptors (Lipinski definition) is 5. The summed E-state index contributed by atoms with van der Waals surface area (Å²) in [6.45, 7) is 4.09. The second kappa shape index (κ2) is 5.18. The largest absolute Gasteiger partial charge is 0.463 e. The van der Waals surface area contributed by atoms with E-state index in [2.05, 4.69) is 20.2 Å². The number of nitrogens with one attached hydrogen (secondary N) is 1. The van der Waals surface area contributed by atoms with Crippen LogP contribution in [0.15, 0.2) is 35.2 Å². The molecule has 1 N–H and O–H groups in total. The number of hydrogen-bond donors (Lipinski definition) is 1. The van der Waals surface area contributed by atoms with Crippen LogP contribution in [0.25, 0.3) is 11.5 Å². The molecule has 0 amide bonds. The molecule has 0 aromatic carbocycles. The number of furan rings is 1. The van der Waals surface area contributed by atoms with Crippen LogP contribution in [-0.2, 0) is 0 Å². The lowest BCUT2D eigenvalue weighted by molar-refractivity contribution is 0.579. The lowest BCUT2D eigenvalue weighted by Gasteiger charge is -2.20. The minimum Gasteiger partial charge on any atom is -0.463 e. The monoisotopic (exact) mass is 244 g/mol. The Morgan fingerprint density at radius 3 is 3.11 bits per heavy atom. The van der Waals surface area contributed by atoms with Gasteiger partial charge in [0.2, 0.25) is 0 Å². The molecule has 3 heterocycles. The van der Waals surface area contributed by atoms with Gasteiger partial charge in [0.05, 0.1) is 6.26 Å². The molecule has 5 heteroatoms. The van der Waals surface area contributed by atoms with E-state index < -0.39 is 0 Å². The van der Waals surface area contributed by atoms with E-state index >= 15 is 0 Å². The molecule has 0 saturated carbocycles. The Hall–Kier alpha value is -1.88. The molecule has 94 valence electrons. The van der Waals surface area contributed by atoms with Gasteiger partial charge in [-0.25, -0.2) is 9.97 Å². The lowest BCUT2D eigenvalue weighted by Crippen LogP contribution is -2.28. The van der Waals surface area contributed by atoms with Crippen LogP contribution >= 0.6 is 0 Å². The number of rotatable bonds is 2. The summed E-state index contributed by atoms with van der Waals surface area (Å²) in [7, 11) is 0. The Kier molecular flexibility index (Phi) is 3.23. The van der Waals surface area contributed by atoms with Crippen molar-refractivity contribution in [1.29, 1.82) is 0 Å². The van der Waals surface area contributed by atoms with Gasteiger partial charge >= 0.3 is 0 Å². The molecule has 5 nitrogen and oxygen atoms in total. The quantitative estimate of drug-likeness (QED) is 0.868. The average molecular weight is 244 g/mol. The molecule has 2 aromatic heterocycles. The van der Waals surface area contributed by atoms with E-state index in [0.717, 1.165) is 49.9 Å². The van der Waals surface area contributed by atoms with E-state index in [9.17, 15) is 0 Å². The van der Waals surface area contributed by atoms with Gasteiger partial charge in [0.15, 0.2) is 5.76 Å². The minimum atomic E-state index is 0.784. The molecule has 0 aliphatic carbocycles. The molecule has 0 spiro atoms. The van der Waals surface area contributed by atoms with Crippen molar-refractivity contribution in [2.45, 2.75) is 6.42 Å². The Bertz CT molecular complexity index is 489. The lowest BCUT2D eigenvalue weighted by atomic mass is 10.3. The summed E-state index contributed by atoms with van der Waals surface area (Å²) in [6, 6.07) is 5.77. The Balaban J connectivity index is 1.86. The Labute approximate surface area is 106 Å². The molecule has 1 saturated heterocycles. The van der Waals surface area contributed by atoms with Crippen molar-refractivity contribution >= 4 is 5.82 Å². The van der Waals surface area contributed by atoms with Crippen LogP contribution in [0.3, 0.4) is 0 Å². The summed E-state index contributed by atoms with van der Waals surface area (Å²) in [5.41, 5.74) is 0.835. The van der Waals surface area contributed by atoms with Gasteiger partial charge in [-0.1, -0.05) is 0 Å². The van der Waals surface area contributed by atoms with Crippen molar-refractivity contribution in [2.75, 3.05) is 31.1 Å². The van der Waals surface area contributed by atoms with Gasteiger partial charge in [-0.3, -0.25) is 0 Å². The van der Waals surface area contributed by atoms with Gasteiger partial charge in [0, 0.05) is 25.7 Å². The second-order valence-corrected chi connectivity index (χ2v) is 4.33. The van der Waals surface area contributed by atoms with Gasteiger partial charge < -0.3 is 14.6 Å². The molecule has 3 rings (SSSR count). The Morgan fingerprint density at radius 1 is 1.22 bits per heavy atom. The summed E-state index contributed by atoms with van der Waals surface area (Å²) in [5.74, 6) is 1.76. The van der Waals surface area contributed by atoms with E-state index in [-0.39, 0.29) is 0 Å². The van der Waals surface area contributed by atoms with Crippen LogP contribution < -0.4 is 10.2 Å². The van der Waals surface area contributed by atoms with Crippen LogP contribution in [0.5, 0.6) is 0 Å². The highest BCUT2D eigenvalue weighted by atomic mass is 16.3. The van der Waals surface area contributed by atoms with E-state index in [1.54, 1.807) is 12.6 Å². The van der Waals surface area contributed by atoms with Crippen LogP contribution in [0.2, 0.25) is 0 Å². The predicted octanol–water partition coefficient (Wildman–Crippen LogP) is 1.54. The maximum absolute atomic E-state index is 5.37. The van der Waals surface area contributed by atoms with Gasteiger partial charge in [-0.15, -0.1) is 0 Å². The third kappa shape index (κ3) is 2.36. The van der Waals surface area contributed by atoms with Gasteiger partial charge in [-0.05, 0) is 25.1 Å². The first-order valence-electron chi connectivity index (χ1n) is 6.25. The van der Waals surface area contributed by atoms with Crippen molar-refractivity contribution in [3.05, 3.63) is 30.8 Å². The van der Waals surface area contributed by atoms with Crippen LogP contribution in [-0.4, -0.2) is 36.1 Å². The molecule has 0 atom stereocenters. The average Bonchev–Trinajstić information content (AvgIpc) is 2.82.